The molecule has 0 aromatic carbocycles. The molecule has 0 unspecified atom stereocenters. The molecule has 0 atom stereocenters. The summed E-state index contributed by atoms with van der Waals surface area (Å²) in [6, 6.07) is 1.24. The molecule has 1 aromatic heterocycles. The number of aromatic nitrogens is 1. The zero-order valence-electron chi connectivity index (χ0n) is 3.70. The van der Waals surface area contributed by atoms with Gasteiger partial charge in [-0.1, -0.05) is 0 Å². The molecule has 0 spiro atoms. The van der Waals surface area contributed by atoms with Gasteiger partial charge in [-0.2, -0.15) is 4.37 Å². The predicted molar refractivity (Wildman–Crippen MR) is 27.6 cm³/mol. The van der Waals surface area contributed by atoms with Crippen LogP contribution in [0.5, 0.6) is 0 Å². The molecule has 8 heavy (non-hydrogen) atoms. The fourth-order valence-electron chi connectivity index (χ4n) is 0.267. The van der Waals surface area contributed by atoms with Gasteiger partial charge in [0.15, 0.2) is 0 Å². The van der Waals surface area contributed by atoms with Crippen LogP contribution in [0.4, 0.5) is 5.00 Å². The Hall–Kier alpha value is -0.970. The van der Waals surface area contributed by atoms with Crippen molar-refractivity contribution in [2.45, 2.75) is 0 Å². The summed E-state index contributed by atoms with van der Waals surface area (Å²) in [5.41, 5.74) is 0. The van der Waals surface area contributed by atoms with Crippen LogP contribution >= 0.6 is 11.5 Å². The molecular formula is C3HN2O2S. The van der Waals surface area contributed by atoms with Gasteiger partial charge in [-0.05, 0) is 0 Å². The van der Waals surface area contributed by atoms with Crippen LogP contribution in [-0.2, 0) is 0 Å². The van der Waals surface area contributed by atoms with Gasteiger partial charge in [0.05, 0.1) is 11.0 Å². The summed E-state index contributed by atoms with van der Waals surface area (Å²) in [6.07, 6.45) is 2.34. The molecule has 0 aliphatic carbocycles. The number of rotatable bonds is 1. The second kappa shape index (κ2) is 1.87. The quantitative estimate of drug-likeness (QED) is 0.417. The molecule has 4 nitrogen and oxygen atoms in total. The highest BCUT2D eigenvalue weighted by Gasteiger charge is 2.04. The van der Waals surface area contributed by atoms with Gasteiger partial charge < -0.3 is 0 Å². The summed E-state index contributed by atoms with van der Waals surface area (Å²) in [5, 5.41) is 9.85. The van der Waals surface area contributed by atoms with Crippen molar-refractivity contribution in [2.75, 3.05) is 0 Å². The molecule has 0 fully saturated rings. The van der Waals surface area contributed by atoms with Crippen LogP contribution in [0, 0.1) is 16.3 Å². The zero-order chi connectivity index (χ0) is 5.98. The number of hydrogen-bond donors (Lipinski definition) is 0. The van der Waals surface area contributed by atoms with Crippen LogP contribution < -0.4 is 0 Å². The van der Waals surface area contributed by atoms with Crippen molar-refractivity contribution >= 4 is 16.5 Å². The molecule has 1 heterocycles. The minimum Gasteiger partial charge on any atom is -0.258 e. The molecule has 0 bridgehead atoms. The standard InChI is InChI=1S/C3HN2O2S/c6-5(7)3-1-2-4-8-3/h1H. The fourth-order valence-corrected chi connectivity index (χ4v) is 0.638. The van der Waals surface area contributed by atoms with E-state index in [4.69, 9.17) is 0 Å². The second-order valence-electron chi connectivity index (χ2n) is 1.05. The van der Waals surface area contributed by atoms with Gasteiger partial charge in [-0.15, -0.1) is 0 Å². The van der Waals surface area contributed by atoms with Gasteiger partial charge in [0, 0.05) is 11.5 Å². The molecule has 5 heteroatoms. The lowest BCUT2D eigenvalue weighted by atomic mass is 10.7. The first-order valence-electron chi connectivity index (χ1n) is 1.78. The molecule has 0 aliphatic heterocycles. The maximum Gasteiger partial charge on any atom is 0.343 e. The van der Waals surface area contributed by atoms with Crippen molar-refractivity contribution in [2.24, 2.45) is 0 Å². The summed E-state index contributed by atoms with van der Waals surface area (Å²) < 4.78 is 3.42. The molecule has 0 N–H and O–H groups in total. The van der Waals surface area contributed by atoms with Crippen LogP contribution in [0.1, 0.15) is 0 Å². The highest BCUT2D eigenvalue weighted by molar-refractivity contribution is 7.09. The van der Waals surface area contributed by atoms with E-state index in [9.17, 15) is 10.1 Å². The van der Waals surface area contributed by atoms with E-state index in [1.165, 1.54) is 6.07 Å². The normalized spacial score (nSPS) is 9.00. The van der Waals surface area contributed by atoms with Gasteiger partial charge in [-0.3, -0.25) is 10.1 Å². The smallest absolute Gasteiger partial charge is 0.258 e. The van der Waals surface area contributed by atoms with Crippen molar-refractivity contribution in [1.82, 2.24) is 4.37 Å². The summed E-state index contributed by atoms with van der Waals surface area (Å²) in [6.45, 7) is 0. The Morgan fingerprint density at radius 1 is 2.00 bits per heavy atom. The lowest BCUT2D eigenvalue weighted by molar-refractivity contribution is -0.380. The van der Waals surface area contributed by atoms with E-state index in [-0.39, 0.29) is 5.00 Å². The highest BCUT2D eigenvalue weighted by atomic mass is 32.1. The summed E-state index contributed by atoms with van der Waals surface area (Å²) >= 11 is 0.826. The van der Waals surface area contributed by atoms with Crippen molar-refractivity contribution in [3.05, 3.63) is 22.4 Å². The third-order valence-corrected chi connectivity index (χ3v) is 1.21. The third-order valence-electron chi connectivity index (χ3n) is 0.560. The lowest BCUT2D eigenvalue weighted by Crippen LogP contribution is -1.80. The topological polar surface area (TPSA) is 56.0 Å². The van der Waals surface area contributed by atoms with Crippen molar-refractivity contribution in [1.29, 1.82) is 0 Å². The van der Waals surface area contributed by atoms with Crippen LogP contribution in [0.25, 0.3) is 0 Å². The second-order valence-corrected chi connectivity index (χ2v) is 1.83. The van der Waals surface area contributed by atoms with Crippen LogP contribution in [0.15, 0.2) is 6.07 Å². The van der Waals surface area contributed by atoms with Crippen LogP contribution in [0.2, 0.25) is 0 Å². The van der Waals surface area contributed by atoms with E-state index < -0.39 is 4.92 Å². The van der Waals surface area contributed by atoms with E-state index in [0.29, 0.717) is 0 Å². The first-order valence-corrected chi connectivity index (χ1v) is 2.55. The molecule has 0 saturated heterocycles. The Kier molecular flexibility index (Phi) is 1.21. The van der Waals surface area contributed by atoms with E-state index >= 15 is 0 Å². The van der Waals surface area contributed by atoms with E-state index in [2.05, 4.69) is 10.6 Å². The maximum atomic E-state index is 9.82. The van der Waals surface area contributed by atoms with Crippen LogP contribution in [-0.4, -0.2) is 9.30 Å². The highest BCUT2D eigenvalue weighted by Crippen LogP contribution is 2.12. The van der Waals surface area contributed by atoms with E-state index in [1.54, 1.807) is 0 Å². The molecule has 1 rings (SSSR count). The van der Waals surface area contributed by atoms with Crippen molar-refractivity contribution < 1.29 is 4.92 Å². The first kappa shape index (κ1) is 5.17. The molecule has 0 aliphatic rings. The fraction of sp³-hybridized carbons (Fsp3) is 0. The Morgan fingerprint density at radius 3 is 3.00 bits per heavy atom. The molecular weight excluding hydrogens is 128 g/mol. The zero-order valence-corrected chi connectivity index (χ0v) is 4.51. The summed E-state index contributed by atoms with van der Waals surface area (Å²) in [4.78, 5) is 9.33. The third kappa shape index (κ3) is 0.812. The van der Waals surface area contributed by atoms with E-state index in [0.717, 1.165) is 11.5 Å². The average molecular weight is 129 g/mol. The first-order chi connectivity index (χ1) is 3.80. The molecule has 1 radical (unpaired) electrons. The lowest BCUT2D eigenvalue weighted by Gasteiger charge is -1.75. The van der Waals surface area contributed by atoms with E-state index in [1.807, 2.05) is 0 Å². The van der Waals surface area contributed by atoms with Gasteiger partial charge in [0.25, 0.3) is 0 Å². The monoisotopic (exact) mass is 129 g/mol. The largest absolute Gasteiger partial charge is 0.343 e. The molecule has 41 valence electrons. The van der Waals surface area contributed by atoms with Crippen molar-refractivity contribution in [3.8, 4) is 0 Å². The molecule has 1 aromatic rings. The van der Waals surface area contributed by atoms with Gasteiger partial charge in [0.2, 0.25) is 0 Å². The number of nitrogens with zero attached hydrogens (tertiary/aromatic N) is 2. The van der Waals surface area contributed by atoms with Crippen LogP contribution in [0.3, 0.4) is 0 Å². The Bertz CT molecular complexity index is 183. The van der Waals surface area contributed by atoms with Gasteiger partial charge in [0.1, 0.15) is 6.20 Å². The summed E-state index contributed by atoms with van der Waals surface area (Å²) in [7, 11) is 0. The predicted octanol–water partition coefficient (Wildman–Crippen LogP) is 0.851. The SMILES string of the molecule is O=[N+]([O-])c1c[c]ns1. The molecule has 0 amide bonds. The van der Waals surface area contributed by atoms with Gasteiger partial charge in [-0.25, -0.2) is 0 Å². The maximum absolute atomic E-state index is 9.82. The number of nitro groups is 1. The summed E-state index contributed by atoms with van der Waals surface area (Å²) in [5.74, 6) is 0. The Labute approximate surface area is 49.1 Å². The average Bonchev–Trinajstić information content (AvgIpc) is 2.12. The minimum atomic E-state index is -0.492. The Balaban J connectivity index is 2.93. The number of hydrogen-bond acceptors (Lipinski definition) is 4. The van der Waals surface area contributed by atoms with Gasteiger partial charge >= 0.3 is 5.00 Å². The van der Waals surface area contributed by atoms with Crippen molar-refractivity contribution in [3.63, 3.8) is 0 Å². The molecule has 0 saturated carbocycles. The minimum absolute atomic E-state index is 0.0324. The Morgan fingerprint density at radius 2 is 2.75 bits per heavy atom.